The van der Waals surface area contributed by atoms with E-state index < -0.39 is 5.69 Å². The third-order valence-electron chi connectivity index (χ3n) is 1.07. The van der Waals surface area contributed by atoms with E-state index in [0.29, 0.717) is 5.75 Å². The summed E-state index contributed by atoms with van der Waals surface area (Å²) >= 11 is 8.58. The molecule has 0 aliphatic heterocycles. The zero-order valence-corrected chi connectivity index (χ0v) is 9.37. The van der Waals surface area contributed by atoms with Crippen LogP contribution in [0.25, 0.3) is 0 Å². The van der Waals surface area contributed by atoms with Crippen molar-refractivity contribution in [2.75, 3.05) is 0 Å². The van der Waals surface area contributed by atoms with Crippen LogP contribution in [-0.4, -0.2) is 4.89 Å². The summed E-state index contributed by atoms with van der Waals surface area (Å²) in [6, 6.07) is 8.96. The Morgan fingerprint density at radius 1 is 1.42 bits per heavy atom. The van der Waals surface area contributed by atoms with Crippen LogP contribution in [0.15, 0.2) is 30.3 Å². The molecular weight excluding hydrogens is 231 g/mol. The minimum Gasteiger partial charge on any atom is -0.436 e. The van der Waals surface area contributed by atoms with Gasteiger partial charge in [-0.25, -0.2) is 0 Å². The summed E-state index contributed by atoms with van der Waals surface area (Å²) in [5.41, 5.74) is -2.78. The summed E-state index contributed by atoms with van der Waals surface area (Å²) in [6.45, 7) is 0. The fourth-order valence-electron chi connectivity index (χ4n) is 0.631. The van der Waals surface area contributed by atoms with E-state index in [4.69, 9.17) is 16.3 Å². The van der Waals surface area contributed by atoms with Gasteiger partial charge >= 0.3 is 5.69 Å². The first kappa shape index (κ1) is 10.4. The van der Waals surface area contributed by atoms with Crippen LogP contribution in [0.4, 0.5) is 0 Å². The van der Waals surface area contributed by atoms with Gasteiger partial charge in [0.05, 0.1) is 0 Å². The molecule has 1 unspecified atom stereocenters. The Kier molecular flexibility index (Phi) is 3.93. The van der Waals surface area contributed by atoms with Gasteiger partial charge < -0.3 is 9.42 Å². The molecule has 0 aliphatic rings. The summed E-state index contributed by atoms with van der Waals surface area (Å²) in [5.74, 6) is 0.574. The summed E-state index contributed by atoms with van der Waals surface area (Å²) in [4.78, 5) is 9.37. The maximum absolute atomic E-state index is 9.37. The van der Waals surface area contributed by atoms with E-state index in [9.17, 15) is 4.89 Å². The third kappa shape index (κ3) is 3.37. The Morgan fingerprint density at radius 2 is 2.00 bits per heavy atom. The Morgan fingerprint density at radius 3 is 2.50 bits per heavy atom. The van der Waals surface area contributed by atoms with Crippen LogP contribution in [0.1, 0.15) is 0 Å². The maximum atomic E-state index is 9.37. The largest absolute Gasteiger partial charge is 0.436 e. The number of thiol groups is 1. The molecule has 1 rings (SSSR count). The highest BCUT2D eigenvalue weighted by molar-refractivity contribution is 8.98. The Balaban J connectivity index is 2.71. The van der Waals surface area contributed by atoms with Crippen molar-refractivity contribution in [1.29, 1.82) is 0 Å². The molecule has 66 valence electrons. The lowest BCUT2D eigenvalue weighted by Crippen LogP contribution is -1.84. The molecule has 0 radical (unpaired) electrons. The van der Waals surface area contributed by atoms with Crippen molar-refractivity contribution >= 4 is 39.6 Å². The van der Waals surface area contributed by atoms with Gasteiger partial charge in [-0.1, -0.05) is 18.2 Å². The van der Waals surface area contributed by atoms with Crippen LogP contribution in [0.3, 0.4) is 0 Å². The van der Waals surface area contributed by atoms with Crippen molar-refractivity contribution in [3.63, 3.8) is 0 Å². The summed E-state index contributed by atoms with van der Waals surface area (Å²) < 4.78 is 5.12. The lowest BCUT2D eigenvalue weighted by atomic mass is 10.3. The molecule has 0 amide bonds. The van der Waals surface area contributed by atoms with E-state index in [1.54, 1.807) is 12.1 Å². The Bertz CT molecular complexity index is 290. The number of para-hydroxylation sites is 1. The minimum atomic E-state index is -2.78. The van der Waals surface area contributed by atoms with Crippen LogP contribution >= 0.6 is 27.8 Å². The second-order valence-corrected chi connectivity index (χ2v) is 8.86. The standard InChI is InChI=1S/C6H7O2PS3/c7-9(10,12-11)8-6-4-2-1-3-5-6/h1-5,11H,(H,7,10). The number of benzene rings is 1. The summed E-state index contributed by atoms with van der Waals surface area (Å²) in [5, 5.41) is 0. The fourth-order valence-corrected chi connectivity index (χ4v) is 1.97. The Hall–Kier alpha value is 0.330. The summed E-state index contributed by atoms with van der Waals surface area (Å²) in [6.07, 6.45) is 0. The van der Waals surface area contributed by atoms with Crippen molar-refractivity contribution in [1.82, 2.24) is 0 Å². The molecule has 0 saturated heterocycles. The minimum absolute atomic E-state index is 0.574. The third-order valence-corrected chi connectivity index (χ3v) is 6.44. The van der Waals surface area contributed by atoms with Crippen LogP contribution in [-0.2, 0) is 11.8 Å². The average Bonchev–Trinajstić information content (AvgIpc) is 2.06. The number of hydrogen-bond acceptors (Lipinski definition) is 4. The first-order chi connectivity index (χ1) is 5.64. The molecule has 12 heavy (non-hydrogen) atoms. The van der Waals surface area contributed by atoms with Crippen LogP contribution in [0, 0.1) is 0 Å². The van der Waals surface area contributed by atoms with Gasteiger partial charge in [0.25, 0.3) is 0 Å². The van der Waals surface area contributed by atoms with Gasteiger partial charge in [0.15, 0.2) is 0 Å². The van der Waals surface area contributed by atoms with E-state index in [1.807, 2.05) is 18.2 Å². The molecule has 6 heteroatoms. The normalized spacial score (nSPS) is 15.2. The second-order valence-electron chi connectivity index (χ2n) is 1.95. The van der Waals surface area contributed by atoms with Crippen molar-refractivity contribution in [2.45, 2.75) is 0 Å². The van der Waals surface area contributed by atoms with Gasteiger partial charge in [-0.2, -0.15) is 0 Å². The molecule has 2 nitrogen and oxygen atoms in total. The van der Waals surface area contributed by atoms with Crippen molar-refractivity contribution in [2.24, 2.45) is 0 Å². The topological polar surface area (TPSA) is 29.5 Å². The SMILES string of the molecule is OP(=S)(Oc1ccccc1)SS. The van der Waals surface area contributed by atoms with Gasteiger partial charge in [0.2, 0.25) is 0 Å². The van der Waals surface area contributed by atoms with Gasteiger partial charge in [-0.15, -0.1) is 11.7 Å². The molecule has 0 aromatic heterocycles. The van der Waals surface area contributed by atoms with Crippen LogP contribution < -0.4 is 4.52 Å². The summed E-state index contributed by atoms with van der Waals surface area (Å²) in [7, 11) is 0.876. The Labute approximate surface area is 85.1 Å². The van der Waals surface area contributed by atoms with Crippen molar-refractivity contribution in [3.05, 3.63) is 30.3 Å². The monoisotopic (exact) mass is 238 g/mol. The number of rotatable bonds is 3. The smallest absolute Gasteiger partial charge is 0.305 e. The molecule has 1 atom stereocenters. The zero-order valence-electron chi connectivity index (χ0n) is 5.95. The van der Waals surface area contributed by atoms with Gasteiger partial charge in [-0.05, 0) is 23.9 Å². The van der Waals surface area contributed by atoms with E-state index in [2.05, 4.69) is 11.7 Å². The predicted octanol–water partition coefficient (Wildman–Crippen LogP) is 2.86. The highest BCUT2D eigenvalue weighted by atomic mass is 33.4. The van der Waals surface area contributed by atoms with E-state index in [1.165, 1.54) is 0 Å². The first-order valence-electron chi connectivity index (χ1n) is 3.05. The molecule has 1 aromatic carbocycles. The molecule has 0 spiro atoms. The molecule has 0 saturated carbocycles. The molecule has 1 N–H and O–H groups in total. The van der Waals surface area contributed by atoms with E-state index in [0.717, 1.165) is 10.4 Å². The molecule has 0 bridgehead atoms. The van der Waals surface area contributed by atoms with E-state index in [-0.39, 0.29) is 0 Å². The lowest BCUT2D eigenvalue weighted by Gasteiger charge is -2.12. The molecular formula is C6H7O2PS3. The second kappa shape index (κ2) is 4.53. The molecule has 0 heterocycles. The van der Waals surface area contributed by atoms with Crippen molar-refractivity contribution < 1.29 is 9.42 Å². The highest BCUT2D eigenvalue weighted by Gasteiger charge is 2.13. The molecule has 0 aliphatic carbocycles. The average molecular weight is 238 g/mol. The highest BCUT2D eigenvalue weighted by Crippen LogP contribution is 2.57. The number of hydrogen-bond donors (Lipinski definition) is 2. The first-order valence-corrected chi connectivity index (χ1v) is 8.19. The van der Waals surface area contributed by atoms with Crippen molar-refractivity contribution in [3.8, 4) is 5.75 Å². The lowest BCUT2D eigenvalue weighted by molar-refractivity contribution is 0.505. The van der Waals surface area contributed by atoms with Gasteiger partial charge in [-0.3, -0.25) is 0 Å². The fraction of sp³-hybridized carbons (Fsp3) is 0. The van der Waals surface area contributed by atoms with Crippen LogP contribution in [0.5, 0.6) is 5.75 Å². The van der Waals surface area contributed by atoms with Crippen LogP contribution in [0.2, 0.25) is 0 Å². The van der Waals surface area contributed by atoms with Gasteiger partial charge in [0, 0.05) is 10.4 Å². The maximum Gasteiger partial charge on any atom is 0.305 e. The molecule has 1 aromatic rings. The van der Waals surface area contributed by atoms with E-state index >= 15 is 0 Å². The molecule has 0 fully saturated rings. The predicted molar refractivity (Wildman–Crippen MR) is 60.2 cm³/mol. The van der Waals surface area contributed by atoms with Gasteiger partial charge in [0.1, 0.15) is 5.75 Å². The zero-order chi connectivity index (χ0) is 9.03. The quantitative estimate of drug-likeness (QED) is 0.481.